The Kier molecular flexibility index (Phi) is 4.75. The topological polar surface area (TPSA) is 79.5 Å². The minimum absolute atomic E-state index is 0.0462. The fourth-order valence-electron chi connectivity index (χ4n) is 1.97. The molecule has 0 saturated carbocycles. The Morgan fingerprint density at radius 1 is 1.38 bits per heavy atom. The van der Waals surface area contributed by atoms with Crippen LogP contribution in [0.3, 0.4) is 0 Å². The third-order valence-electron chi connectivity index (χ3n) is 3.63. The van der Waals surface area contributed by atoms with Gasteiger partial charge >= 0.3 is 0 Å². The zero-order valence-electron chi connectivity index (χ0n) is 12.1. The van der Waals surface area contributed by atoms with E-state index in [0.29, 0.717) is 11.0 Å². The van der Waals surface area contributed by atoms with Gasteiger partial charge in [0, 0.05) is 12.6 Å². The Morgan fingerprint density at radius 2 is 2.10 bits per heavy atom. The van der Waals surface area contributed by atoms with Crippen LogP contribution in [-0.4, -0.2) is 23.7 Å². The lowest BCUT2D eigenvalue weighted by Crippen LogP contribution is -2.35. The van der Waals surface area contributed by atoms with Crippen molar-refractivity contribution in [2.75, 3.05) is 6.54 Å². The number of carbonyl (C=O) groups is 1. The van der Waals surface area contributed by atoms with Gasteiger partial charge in [-0.15, -0.1) is 0 Å². The van der Waals surface area contributed by atoms with Gasteiger partial charge in [0.2, 0.25) is 0 Å². The molecule has 0 aliphatic rings. The number of carbonyl (C=O) groups excluding carboxylic acids is 1. The zero-order valence-corrected chi connectivity index (χ0v) is 12.1. The first-order chi connectivity index (χ1) is 10.0. The van der Waals surface area contributed by atoms with Crippen molar-refractivity contribution in [3.8, 4) is 0 Å². The summed E-state index contributed by atoms with van der Waals surface area (Å²) in [4.78, 5) is 23.9. The number of para-hydroxylation sites is 1. The van der Waals surface area contributed by atoms with Crippen LogP contribution in [0.2, 0.25) is 0 Å². The fraction of sp³-hybridized carbons (Fsp3) is 0.375. The van der Waals surface area contributed by atoms with E-state index in [-0.39, 0.29) is 23.7 Å². The van der Waals surface area contributed by atoms with E-state index in [9.17, 15) is 14.7 Å². The molecule has 21 heavy (non-hydrogen) atoms. The van der Waals surface area contributed by atoms with Crippen molar-refractivity contribution in [3.05, 3.63) is 46.3 Å². The molecule has 0 aliphatic heterocycles. The highest BCUT2D eigenvalue weighted by molar-refractivity contribution is 5.93. The fourth-order valence-corrected chi connectivity index (χ4v) is 1.97. The van der Waals surface area contributed by atoms with Crippen molar-refractivity contribution in [2.24, 2.45) is 5.92 Å². The van der Waals surface area contributed by atoms with Crippen molar-refractivity contribution < 1.29 is 14.3 Å². The summed E-state index contributed by atoms with van der Waals surface area (Å²) in [5.41, 5.74) is 0.113. The van der Waals surface area contributed by atoms with E-state index in [1.807, 2.05) is 13.8 Å². The van der Waals surface area contributed by atoms with E-state index in [0.717, 1.165) is 6.42 Å². The maximum Gasteiger partial charge on any atom is 0.287 e. The first-order valence-electron chi connectivity index (χ1n) is 7.02. The monoisotopic (exact) mass is 289 g/mol. The van der Waals surface area contributed by atoms with E-state index in [1.54, 1.807) is 24.3 Å². The molecule has 0 fully saturated rings. The normalized spacial score (nSPS) is 13.9. The van der Waals surface area contributed by atoms with Crippen LogP contribution in [0.5, 0.6) is 0 Å². The Morgan fingerprint density at radius 3 is 2.81 bits per heavy atom. The minimum Gasteiger partial charge on any atom is -0.451 e. The smallest absolute Gasteiger partial charge is 0.287 e. The molecular weight excluding hydrogens is 270 g/mol. The molecule has 2 rings (SSSR count). The summed E-state index contributed by atoms with van der Waals surface area (Å²) in [5.74, 6) is -0.454. The quantitative estimate of drug-likeness (QED) is 0.881. The standard InChI is InChI=1S/C16H19NO4/c1-3-10(2)13(19)9-17-16(20)15-8-12(18)11-6-4-5-7-14(11)21-15/h4-8,10,13,19H,3,9H2,1-2H3,(H,17,20). The second-order valence-corrected chi connectivity index (χ2v) is 5.13. The van der Waals surface area contributed by atoms with Gasteiger partial charge in [-0.3, -0.25) is 9.59 Å². The number of benzene rings is 1. The van der Waals surface area contributed by atoms with Crippen molar-refractivity contribution in [2.45, 2.75) is 26.4 Å². The maximum absolute atomic E-state index is 12.0. The van der Waals surface area contributed by atoms with Gasteiger partial charge in [-0.05, 0) is 18.1 Å². The summed E-state index contributed by atoms with van der Waals surface area (Å²) in [6.45, 7) is 4.01. The summed E-state index contributed by atoms with van der Waals surface area (Å²) >= 11 is 0. The van der Waals surface area contributed by atoms with Crippen LogP contribution in [0.25, 0.3) is 11.0 Å². The number of rotatable bonds is 5. The molecule has 1 aromatic heterocycles. The average Bonchev–Trinajstić information content (AvgIpc) is 2.51. The summed E-state index contributed by atoms with van der Waals surface area (Å²) in [7, 11) is 0. The second-order valence-electron chi connectivity index (χ2n) is 5.13. The van der Waals surface area contributed by atoms with Gasteiger partial charge in [0.15, 0.2) is 11.2 Å². The van der Waals surface area contributed by atoms with Gasteiger partial charge in [0.25, 0.3) is 5.91 Å². The molecule has 2 atom stereocenters. The summed E-state index contributed by atoms with van der Waals surface area (Å²) in [6.07, 6.45) is 0.202. The molecule has 0 saturated heterocycles. The van der Waals surface area contributed by atoms with E-state index < -0.39 is 12.0 Å². The number of hydrogen-bond donors (Lipinski definition) is 2. The third kappa shape index (κ3) is 3.49. The number of hydrogen-bond acceptors (Lipinski definition) is 4. The molecule has 0 bridgehead atoms. The number of aliphatic hydroxyl groups excluding tert-OH is 1. The Balaban J connectivity index is 2.15. The maximum atomic E-state index is 12.0. The molecule has 5 heteroatoms. The second kappa shape index (κ2) is 6.54. The number of nitrogens with one attached hydrogen (secondary N) is 1. The van der Waals surface area contributed by atoms with Gasteiger partial charge in [-0.25, -0.2) is 0 Å². The average molecular weight is 289 g/mol. The minimum atomic E-state index is -0.619. The predicted octanol–water partition coefficient (Wildman–Crippen LogP) is 1.93. The molecule has 2 N–H and O–H groups in total. The summed E-state index contributed by atoms with van der Waals surface area (Å²) in [6, 6.07) is 7.94. The molecule has 1 amide bonds. The highest BCUT2D eigenvalue weighted by atomic mass is 16.3. The SMILES string of the molecule is CCC(C)C(O)CNC(=O)c1cc(=O)c2ccccc2o1. The lowest BCUT2D eigenvalue weighted by molar-refractivity contribution is 0.0827. The molecule has 112 valence electrons. The highest BCUT2D eigenvalue weighted by Crippen LogP contribution is 2.12. The number of fused-ring (bicyclic) bond motifs is 1. The van der Waals surface area contributed by atoms with Gasteiger partial charge in [0.05, 0.1) is 11.5 Å². The first kappa shape index (κ1) is 15.3. The van der Waals surface area contributed by atoms with E-state index in [1.165, 1.54) is 6.07 Å². The molecule has 0 radical (unpaired) electrons. The van der Waals surface area contributed by atoms with Crippen LogP contribution in [-0.2, 0) is 0 Å². The van der Waals surface area contributed by atoms with Crippen LogP contribution < -0.4 is 10.7 Å². The van der Waals surface area contributed by atoms with E-state index in [2.05, 4.69) is 5.32 Å². The van der Waals surface area contributed by atoms with Crippen LogP contribution in [0, 0.1) is 5.92 Å². The van der Waals surface area contributed by atoms with E-state index in [4.69, 9.17) is 4.42 Å². The molecule has 0 aliphatic carbocycles. The van der Waals surface area contributed by atoms with Gasteiger partial charge in [-0.1, -0.05) is 32.4 Å². The van der Waals surface area contributed by atoms with Gasteiger partial charge in [-0.2, -0.15) is 0 Å². The van der Waals surface area contributed by atoms with E-state index >= 15 is 0 Å². The molecule has 0 spiro atoms. The lowest BCUT2D eigenvalue weighted by Gasteiger charge is -2.17. The highest BCUT2D eigenvalue weighted by Gasteiger charge is 2.16. The predicted molar refractivity (Wildman–Crippen MR) is 80.3 cm³/mol. The molecular formula is C16H19NO4. The van der Waals surface area contributed by atoms with Crippen LogP contribution >= 0.6 is 0 Å². The van der Waals surface area contributed by atoms with Crippen LogP contribution in [0.4, 0.5) is 0 Å². The van der Waals surface area contributed by atoms with Crippen molar-refractivity contribution in [1.29, 1.82) is 0 Å². The van der Waals surface area contributed by atoms with Gasteiger partial charge in [0.1, 0.15) is 5.58 Å². The molecule has 1 heterocycles. The van der Waals surface area contributed by atoms with Crippen LogP contribution in [0.15, 0.2) is 39.5 Å². The zero-order chi connectivity index (χ0) is 15.4. The summed E-state index contributed by atoms with van der Waals surface area (Å²) in [5, 5.41) is 12.9. The largest absolute Gasteiger partial charge is 0.451 e. The van der Waals surface area contributed by atoms with Crippen molar-refractivity contribution >= 4 is 16.9 Å². The molecule has 1 aromatic carbocycles. The molecule has 2 unspecified atom stereocenters. The van der Waals surface area contributed by atoms with Crippen molar-refractivity contribution in [1.82, 2.24) is 5.32 Å². The Labute approximate surface area is 122 Å². The Hall–Kier alpha value is -2.14. The Bertz CT molecular complexity index is 692. The number of amides is 1. The van der Waals surface area contributed by atoms with Gasteiger partial charge < -0.3 is 14.8 Å². The molecule has 2 aromatic rings. The first-order valence-corrected chi connectivity index (χ1v) is 7.02. The number of aliphatic hydroxyl groups is 1. The summed E-state index contributed by atoms with van der Waals surface area (Å²) < 4.78 is 5.43. The van der Waals surface area contributed by atoms with Crippen LogP contribution in [0.1, 0.15) is 30.8 Å². The molecule has 5 nitrogen and oxygen atoms in total. The third-order valence-corrected chi connectivity index (χ3v) is 3.63. The van der Waals surface area contributed by atoms with Crippen molar-refractivity contribution in [3.63, 3.8) is 0 Å². The lowest BCUT2D eigenvalue weighted by atomic mass is 10.0.